The molecule has 0 radical (unpaired) electrons. The van der Waals surface area contributed by atoms with Gasteiger partial charge in [0.25, 0.3) is 0 Å². The summed E-state index contributed by atoms with van der Waals surface area (Å²) in [6, 6.07) is -0.900. The number of aliphatic carboxylic acids is 1. The van der Waals surface area contributed by atoms with Crippen LogP contribution in [0, 0.1) is 5.92 Å². The molecule has 96 valence electrons. The first-order valence-electron chi connectivity index (χ1n) is 4.92. The maximum atomic E-state index is 11.1. The second-order valence-corrected chi connectivity index (χ2v) is 4.08. The molecule has 0 spiro atoms. The molecule has 7 nitrogen and oxygen atoms in total. The summed E-state index contributed by atoms with van der Waals surface area (Å²) in [4.78, 5) is 27.5. The lowest BCUT2D eigenvalue weighted by Crippen LogP contribution is -2.55. The third-order valence-corrected chi connectivity index (χ3v) is 2.90. The van der Waals surface area contributed by atoms with Gasteiger partial charge in [0, 0.05) is 19.0 Å². The van der Waals surface area contributed by atoms with E-state index in [-0.39, 0.29) is 11.6 Å². The molecule has 1 aliphatic rings. The molecule has 17 heavy (non-hydrogen) atoms. The van der Waals surface area contributed by atoms with E-state index >= 15 is 0 Å². The zero-order valence-electron chi connectivity index (χ0n) is 9.62. The van der Waals surface area contributed by atoms with Gasteiger partial charge in [-0.2, -0.15) is 0 Å². The SMILES string of the molecule is COC(=O)N1CC(C(N=C(P)OC)C(=O)O)C1. The maximum absolute atomic E-state index is 11.1. The smallest absolute Gasteiger partial charge is 0.409 e. The normalized spacial score (nSPS) is 18.3. The highest BCUT2D eigenvalue weighted by Crippen LogP contribution is 2.23. The molecule has 0 saturated carbocycles. The minimum Gasteiger partial charge on any atom is -0.482 e. The highest BCUT2D eigenvalue weighted by atomic mass is 31.0. The van der Waals surface area contributed by atoms with E-state index in [1.54, 1.807) is 0 Å². The molecule has 8 heteroatoms. The molecule has 0 aromatic carbocycles. The van der Waals surface area contributed by atoms with Crippen molar-refractivity contribution in [3.05, 3.63) is 0 Å². The van der Waals surface area contributed by atoms with E-state index in [0.29, 0.717) is 13.1 Å². The van der Waals surface area contributed by atoms with Gasteiger partial charge >= 0.3 is 12.1 Å². The van der Waals surface area contributed by atoms with Crippen LogP contribution in [0.4, 0.5) is 4.79 Å². The van der Waals surface area contributed by atoms with Crippen molar-refractivity contribution in [1.82, 2.24) is 4.90 Å². The molecule has 0 bridgehead atoms. The van der Waals surface area contributed by atoms with E-state index in [2.05, 4.69) is 19.0 Å². The molecule has 1 aliphatic heterocycles. The highest BCUT2D eigenvalue weighted by molar-refractivity contribution is 7.39. The summed E-state index contributed by atoms with van der Waals surface area (Å²) < 4.78 is 9.31. The Morgan fingerprint density at radius 3 is 2.41 bits per heavy atom. The standard InChI is InChI=1S/C9H15N2O5P/c1-15-8(17)10-6(7(12)13)5-3-11(4-5)9(14)16-2/h5-6H,3-4,17H2,1-2H3,(H,12,13). The van der Waals surface area contributed by atoms with Gasteiger partial charge in [0.2, 0.25) is 0 Å². The predicted molar refractivity (Wildman–Crippen MR) is 63.0 cm³/mol. The third-order valence-electron chi connectivity index (χ3n) is 2.52. The van der Waals surface area contributed by atoms with Gasteiger partial charge in [0.1, 0.15) is 0 Å². The second kappa shape index (κ2) is 5.82. The topological polar surface area (TPSA) is 88.4 Å². The van der Waals surface area contributed by atoms with Crippen LogP contribution < -0.4 is 0 Å². The summed E-state index contributed by atoms with van der Waals surface area (Å²) in [6.07, 6.45) is -0.452. The minimum atomic E-state index is -1.03. The summed E-state index contributed by atoms with van der Waals surface area (Å²) in [5, 5.41) is 9.03. The van der Waals surface area contributed by atoms with Crippen LogP contribution in [0.25, 0.3) is 0 Å². The molecular formula is C9H15N2O5P. The van der Waals surface area contributed by atoms with E-state index in [1.165, 1.54) is 19.1 Å². The van der Waals surface area contributed by atoms with Crippen molar-refractivity contribution in [3.63, 3.8) is 0 Å². The number of rotatable bonds is 3. The Labute approximate surface area is 101 Å². The quantitative estimate of drug-likeness (QED) is 0.440. The number of nitrogens with zero attached hydrogens (tertiary/aromatic N) is 2. The Morgan fingerprint density at radius 1 is 1.41 bits per heavy atom. The molecule has 1 fully saturated rings. The van der Waals surface area contributed by atoms with Crippen LogP contribution in [0.1, 0.15) is 0 Å². The van der Waals surface area contributed by atoms with Crippen molar-refractivity contribution in [1.29, 1.82) is 0 Å². The van der Waals surface area contributed by atoms with Gasteiger partial charge in [0.05, 0.1) is 14.2 Å². The van der Waals surface area contributed by atoms with Gasteiger partial charge in [-0.1, -0.05) is 0 Å². The fourth-order valence-corrected chi connectivity index (χ4v) is 1.70. The molecule has 1 rings (SSSR count). The van der Waals surface area contributed by atoms with Gasteiger partial charge in [-0.15, -0.1) is 0 Å². The molecule has 1 heterocycles. The van der Waals surface area contributed by atoms with Gasteiger partial charge in [0.15, 0.2) is 11.7 Å². The van der Waals surface area contributed by atoms with Crippen molar-refractivity contribution in [3.8, 4) is 0 Å². The van der Waals surface area contributed by atoms with Crippen molar-refractivity contribution < 1.29 is 24.2 Å². The highest BCUT2D eigenvalue weighted by Gasteiger charge is 2.40. The summed E-state index contributed by atoms with van der Waals surface area (Å²) in [5.74, 6) is -1.24. The largest absolute Gasteiger partial charge is 0.482 e. The van der Waals surface area contributed by atoms with E-state index in [1.807, 2.05) is 0 Å². The first-order valence-corrected chi connectivity index (χ1v) is 5.50. The lowest BCUT2D eigenvalue weighted by Gasteiger charge is -2.39. The van der Waals surface area contributed by atoms with Crippen molar-refractivity contribution >= 4 is 26.9 Å². The number of methoxy groups -OCH3 is 2. The number of likely N-dealkylation sites (tertiary alicyclic amines) is 1. The second-order valence-electron chi connectivity index (χ2n) is 3.59. The van der Waals surface area contributed by atoms with E-state index in [4.69, 9.17) is 9.84 Å². The number of aliphatic imine (C=N–C) groups is 1. The summed E-state index contributed by atoms with van der Waals surface area (Å²) in [5.41, 5.74) is 0.230. The number of carboxylic acids is 1. The van der Waals surface area contributed by atoms with Gasteiger partial charge < -0.3 is 19.5 Å². The number of ether oxygens (including phenoxy) is 2. The van der Waals surface area contributed by atoms with E-state index in [9.17, 15) is 9.59 Å². The van der Waals surface area contributed by atoms with Crippen molar-refractivity contribution in [2.24, 2.45) is 10.9 Å². The Hall–Kier alpha value is -1.36. The van der Waals surface area contributed by atoms with Crippen LogP contribution in [0.15, 0.2) is 4.99 Å². The molecule has 1 N–H and O–H groups in total. The number of hydrogen-bond acceptors (Lipinski definition) is 5. The fraction of sp³-hybridized carbons (Fsp3) is 0.667. The average Bonchev–Trinajstić information content (AvgIpc) is 2.24. The van der Waals surface area contributed by atoms with Gasteiger partial charge in [-0.05, 0) is 9.24 Å². The zero-order valence-corrected chi connectivity index (χ0v) is 10.8. The Bertz CT molecular complexity index is 340. The van der Waals surface area contributed by atoms with Crippen molar-refractivity contribution in [2.45, 2.75) is 6.04 Å². The Morgan fingerprint density at radius 2 is 2.00 bits per heavy atom. The predicted octanol–water partition coefficient (Wildman–Crippen LogP) is 0.0153. The fourth-order valence-electron chi connectivity index (χ4n) is 1.54. The van der Waals surface area contributed by atoms with Crippen LogP contribution in [0.2, 0.25) is 0 Å². The number of carbonyl (C=O) groups is 2. The summed E-state index contributed by atoms with van der Waals surface area (Å²) >= 11 is 0. The zero-order chi connectivity index (χ0) is 13.0. The van der Waals surface area contributed by atoms with Gasteiger partial charge in [-0.25, -0.2) is 14.6 Å². The van der Waals surface area contributed by atoms with E-state index < -0.39 is 18.1 Å². The van der Waals surface area contributed by atoms with Gasteiger partial charge in [-0.3, -0.25) is 0 Å². The Kier molecular flexibility index (Phi) is 4.69. The Balaban J connectivity index is 2.59. The average molecular weight is 262 g/mol. The molecule has 1 saturated heterocycles. The van der Waals surface area contributed by atoms with Crippen LogP contribution in [-0.2, 0) is 14.3 Å². The van der Waals surface area contributed by atoms with E-state index in [0.717, 1.165) is 0 Å². The monoisotopic (exact) mass is 262 g/mol. The molecule has 0 aromatic heterocycles. The lowest BCUT2D eigenvalue weighted by atomic mass is 9.92. The van der Waals surface area contributed by atoms with Crippen molar-refractivity contribution in [2.75, 3.05) is 27.3 Å². The first-order chi connectivity index (χ1) is 7.99. The number of hydrogen-bond donors (Lipinski definition) is 1. The molecule has 2 unspecified atom stereocenters. The maximum Gasteiger partial charge on any atom is 0.409 e. The summed E-state index contributed by atoms with van der Waals surface area (Å²) in [7, 11) is 4.90. The first kappa shape index (κ1) is 13.7. The molecule has 0 aromatic rings. The minimum absolute atomic E-state index is 0.211. The number of carbonyl (C=O) groups excluding carboxylic acids is 1. The molecular weight excluding hydrogens is 247 g/mol. The van der Waals surface area contributed by atoms with Crippen LogP contribution in [-0.4, -0.2) is 61.1 Å². The van der Waals surface area contributed by atoms with Crippen LogP contribution in [0.5, 0.6) is 0 Å². The van der Waals surface area contributed by atoms with Crippen LogP contribution in [0.3, 0.4) is 0 Å². The molecule has 2 atom stereocenters. The third kappa shape index (κ3) is 3.30. The summed E-state index contributed by atoms with van der Waals surface area (Å²) in [6.45, 7) is 0.656. The molecule has 0 aliphatic carbocycles. The number of amides is 1. The lowest BCUT2D eigenvalue weighted by molar-refractivity contribution is -0.141. The number of carboxylic acid groups (broad SMARTS) is 1. The van der Waals surface area contributed by atoms with Crippen LogP contribution >= 0.6 is 9.24 Å². The molecule has 1 amide bonds.